The van der Waals surface area contributed by atoms with E-state index in [0.717, 1.165) is 40.8 Å². The molecule has 1 aromatic heterocycles. The summed E-state index contributed by atoms with van der Waals surface area (Å²) < 4.78 is 7.38. The van der Waals surface area contributed by atoms with Crippen LogP contribution in [0.25, 0.3) is 11.3 Å². The molecular weight excluding hydrogens is 390 g/mol. The number of aromatic nitrogens is 1. The van der Waals surface area contributed by atoms with E-state index in [1.54, 1.807) is 31.2 Å². The van der Waals surface area contributed by atoms with Crippen LogP contribution in [-0.2, 0) is 22.4 Å². The molecule has 1 aliphatic rings. The predicted molar refractivity (Wildman–Crippen MR) is 119 cm³/mol. The van der Waals surface area contributed by atoms with Crippen LogP contribution in [0.5, 0.6) is 5.75 Å². The molecule has 0 bridgehead atoms. The zero-order valence-corrected chi connectivity index (χ0v) is 17.9. The Kier molecular flexibility index (Phi) is 5.94. The predicted octanol–water partition coefficient (Wildman–Crippen LogP) is 5.04. The number of nitrogens with zero attached hydrogens (tertiary/aromatic N) is 1. The Morgan fingerprint density at radius 1 is 1.06 bits per heavy atom. The van der Waals surface area contributed by atoms with Gasteiger partial charge in [0.15, 0.2) is 5.78 Å². The van der Waals surface area contributed by atoms with E-state index < -0.39 is 6.04 Å². The number of hydrogen-bond donors (Lipinski definition) is 1. The second-order valence-electron chi connectivity index (χ2n) is 7.95. The van der Waals surface area contributed by atoms with E-state index in [-0.39, 0.29) is 24.1 Å². The molecule has 0 radical (unpaired) electrons. The number of carbonyl (C=O) groups is 2. The van der Waals surface area contributed by atoms with Crippen LogP contribution in [0.1, 0.15) is 53.0 Å². The highest BCUT2D eigenvalue weighted by Gasteiger charge is 2.35. The van der Waals surface area contributed by atoms with Crippen LogP contribution in [0.2, 0.25) is 0 Å². The first kappa shape index (κ1) is 20.9. The number of Topliss-reactive ketones (excluding diaryl/α,β-unsaturated/α-hetero) is 1. The summed E-state index contributed by atoms with van der Waals surface area (Å²) in [6.07, 6.45) is 2.51. The molecule has 0 unspecified atom stereocenters. The van der Waals surface area contributed by atoms with Gasteiger partial charge in [-0.05, 0) is 61.1 Å². The first-order valence-corrected chi connectivity index (χ1v) is 10.8. The average molecular weight is 418 g/mol. The van der Waals surface area contributed by atoms with Gasteiger partial charge in [-0.15, -0.1) is 0 Å². The van der Waals surface area contributed by atoms with Gasteiger partial charge in [0, 0.05) is 12.8 Å². The molecule has 5 heteroatoms. The monoisotopic (exact) mass is 417 g/mol. The largest absolute Gasteiger partial charge is 0.508 e. The number of rotatable bonds is 6. The minimum atomic E-state index is -0.677. The van der Waals surface area contributed by atoms with Crippen molar-refractivity contribution >= 4 is 11.8 Å². The summed E-state index contributed by atoms with van der Waals surface area (Å²) >= 11 is 0. The quantitative estimate of drug-likeness (QED) is 0.571. The fraction of sp³-hybridized carbons (Fsp3) is 0.308. The SMILES string of the molecule is CCOC(=O)[C@H](Cc1ccc(O)cc1)n1c2c(c(C)c1-c1ccccc1)CCCC2=O. The Balaban J connectivity index is 1.93. The van der Waals surface area contributed by atoms with Crippen LogP contribution >= 0.6 is 0 Å². The first-order chi connectivity index (χ1) is 15.0. The molecule has 0 aliphatic heterocycles. The van der Waals surface area contributed by atoms with Crippen molar-refractivity contribution in [2.45, 2.75) is 45.6 Å². The molecule has 5 nitrogen and oxygen atoms in total. The van der Waals surface area contributed by atoms with Crippen molar-refractivity contribution in [1.29, 1.82) is 0 Å². The lowest BCUT2D eigenvalue weighted by atomic mass is 9.93. The zero-order valence-electron chi connectivity index (χ0n) is 17.9. The fourth-order valence-corrected chi connectivity index (χ4v) is 4.55. The van der Waals surface area contributed by atoms with E-state index in [4.69, 9.17) is 4.74 Å². The van der Waals surface area contributed by atoms with E-state index >= 15 is 0 Å². The van der Waals surface area contributed by atoms with Gasteiger partial charge in [0.05, 0.1) is 18.0 Å². The van der Waals surface area contributed by atoms with Crippen LogP contribution in [0, 0.1) is 6.92 Å². The van der Waals surface area contributed by atoms with E-state index in [1.807, 2.05) is 41.8 Å². The molecule has 3 aromatic rings. The molecule has 0 fully saturated rings. The van der Waals surface area contributed by atoms with Gasteiger partial charge >= 0.3 is 5.97 Å². The number of esters is 1. The molecule has 160 valence electrons. The summed E-state index contributed by atoms with van der Waals surface area (Å²) in [5.74, 6) is -0.110. The molecule has 1 N–H and O–H groups in total. The number of ketones is 1. The molecule has 4 rings (SSSR count). The maximum atomic E-state index is 13.2. The molecule has 0 spiro atoms. The number of hydrogen-bond acceptors (Lipinski definition) is 4. The van der Waals surface area contributed by atoms with Crippen molar-refractivity contribution in [3.05, 3.63) is 77.0 Å². The van der Waals surface area contributed by atoms with Crippen LogP contribution in [0.4, 0.5) is 0 Å². The summed E-state index contributed by atoms with van der Waals surface area (Å²) in [6, 6.07) is 16.0. The molecular formula is C26H27NO4. The first-order valence-electron chi connectivity index (χ1n) is 10.8. The van der Waals surface area contributed by atoms with Gasteiger partial charge in [-0.25, -0.2) is 4.79 Å². The second kappa shape index (κ2) is 8.80. The molecule has 0 saturated carbocycles. The highest BCUT2D eigenvalue weighted by molar-refractivity contribution is 6.00. The lowest BCUT2D eigenvalue weighted by Gasteiger charge is -2.24. The maximum absolute atomic E-state index is 13.2. The number of phenolic OH excluding ortho intramolecular Hbond substituents is 1. The minimum absolute atomic E-state index is 0.0755. The Morgan fingerprint density at radius 3 is 2.45 bits per heavy atom. The number of aromatic hydroxyl groups is 1. The normalized spacial score (nSPS) is 14.2. The van der Waals surface area contributed by atoms with Gasteiger partial charge < -0.3 is 14.4 Å². The van der Waals surface area contributed by atoms with E-state index in [1.165, 1.54) is 0 Å². The van der Waals surface area contributed by atoms with Gasteiger partial charge in [-0.2, -0.15) is 0 Å². The van der Waals surface area contributed by atoms with E-state index in [9.17, 15) is 14.7 Å². The maximum Gasteiger partial charge on any atom is 0.329 e. The Morgan fingerprint density at radius 2 is 1.77 bits per heavy atom. The van der Waals surface area contributed by atoms with Gasteiger partial charge in [0.1, 0.15) is 11.8 Å². The Hall–Kier alpha value is -3.34. The van der Waals surface area contributed by atoms with Gasteiger partial charge in [-0.3, -0.25) is 4.79 Å². The third-order valence-electron chi connectivity index (χ3n) is 5.95. The second-order valence-corrected chi connectivity index (χ2v) is 7.95. The van der Waals surface area contributed by atoms with Gasteiger partial charge in [-0.1, -0.05) is 42.5 Å². The van der Waals surface area contributed by atoms with Crippen molar-refractivity contribution in [3.63, 3.8) is 0 Å². The van der Waals surface area contributed by atoms with E-state index in [2.05, 4.69) is 0 Å². The van der Waals surface area contributed by atoms with Crippen molar-refractivity contribution in [2.24, 2.45) is 0 Å². The Bertz CT molecular complexity index is 1100. The van der Waals surface area contributed by atoms with Gasteiger partial charge in [0.25, 0.3) is 0 Å². The van der Waals surface area contributed by atoms with Crippen LogP contribution in [0.3, 0.4) is 0 Å². The lowest BCUT2D eigenvalue weighted by Crippen LogP contribution is -2.28. The van der Waals surface area contributed by atoms with Crippen molar-refractivity contribution in [3.8, 4) is 17.0 Å². The minimum Gasteiger partial charge on any atom is -0.508 e. The van der Waals surface area contributed by atoms with Crippen molar-refractivity contribution in [1.82, 2.24) is 4.57 Å². The average Bonchev–Trinajstić information content (AvgIpc) is 3.07. The molecule has 1 heterocycles. The topological polar surface area (TPSA) is 68.5 Å². The third kappa shape index (κ3) is 4.00. The summed E-state index contributed by atoms with van der Waals surface area (Å²) in [5, 5.41) is 9.65. The third-order valence-corrected chi connectivity index (χ3v) is 5.95. The van der Waals surface area contributed by atoms with Crippen molar-refractivity contribution in [2.75, 3.05) is 6.61 Å². The van der Waals surface area contributed by atoms with Crippen LogP contribution < -0.4 is 0 Å². The summed E-state index contributed by atoms with van der Waals surface area (Å²) in [6.45, 7) is 4.09. The molecule has 0 amide bonds. The number of phenols is 1. The summed E-state index contributed by atoms with van der Waals surface area (Å²) in [4.78, 5) is 26.3. The Labute approximate surface area is 182 Å². The molecule has 0 saturated heterocycles. The van der Waals surface area contributed by atoms with Gasteiger partial charge in [0.2, 0.25) is 0 Å². The standard InChI is InChI=1S/C26H27NO4/c1-3-31-26(30)22(16-18-12-14-20(28)15-13-18)27-24(19-8-5-4-6-9-19)17(2)21-10-7-11-23(29)25(21)27/h4-6,8-9,12-15,22,28H,3,7,10-11,16H2,1-2H3/t22-/m0/s1. The van der Waals surface area contributed by atoms with E-state index in [0.29, 0.717) is 18.5 Å². The number of fused-ring (bicyclic) bond motifs is 1. The fourth-order valence-electron chi connectivity index (χ4n) is 4.55. The lowest BCUT2D eigenvalue weighted by molar-refractivity contribution is -0.147. The van der Waals surface area contributed by atoms with Crippen LogP contribution in [0.15, 0.2) is 54.6 Å². The number of carbonyl (C=O) groups excluding carboxylic acids is 2. The smallest absolute Gasteiger partial charge is 0.329 e. The highest BCUT2D eigenvalue weighted by atomic mass is 16.5. The number of benzene rings is 2. The zero-order chi connectivity index (χ0) is 22.0. The van der Waals surface area contributed by atoms with Crippen molar-refractivity contribution < 1.29 is 19.4 Å². The molecule has 31 heavy (non-hydrogen) atoms. The molecule has 1 atom stereocenters. The summed E-state index contributed by atoms with van der Waals surface area (Å²) in [5.41, 5.74) is 5.49. The molecule has 2 aromatic carbocycles. The summed E-state index contributed by atoms with van der Waals surface area (Å²) in [7, 11) is 0. The highest BCUT2D eigenvalue weighted by Crippen LogP contribution is 2.39. The van der Waals surface area contributed by atoms with Crippen LogP contribution in [-0.4, -0.2) is 28.0 Å². The number of ether oxygens (including phenoxy) is 1. The molecule has 1 aliphatic carbocycles.